The number of nitrogen functional groups attached to an aromatic ring is 1. The molecule has 0 aliphatic carbocycles. The molecule has 1 aromatic heterocycles. The summed E-state index contributed by atoms with van der Waals surface area (Å²) in [5, 5.41) is 12.5. The molecular weight excluding hydrogens is 872 g/mol. The molecule has 0 radical (unpaired) electrons. The third kappa shape index (κ3) is 10.4. The molecular formula is C27H23ClN8O15S5. The topological polar surface area (TPSA) is 374 Å². The molecule has 0 aliphatic heterocycles. The van der Waals surface area contributed by atoms with Gasteiger partial charge in [-0.15, -0.1) is 10.2 Å². The van der Waals surface area contributed by atoms with Crippen LogP contribution in [-0.2, 0) is 54.8 Å². The molecule has 298 valence electrons. The van der Waals surface area contributed by atoms with E-state index in [1.165, 1.54) is 24.3 Å². The second kappa shape index (κ2) is 15.5. The minimum Gasteiger partial charge on any atom is -0.396 e. The van der Waals surface area contributed by atoms with Crippen LogP contribution in [0.3, 0.4) is 0 Å². The van der Waals surface area contributed by atoms with Crippen LogP contribution >= 0.6 is 11.6 Å². The van der Waals surface area contributed by atoms with Gasteiger partial charge in [0.1, 0.15) is 21.2 Å². The summed E-state index contributed by atoms with van der Waals surface area (Å²) in [5.41, 5.74) is 4.46. The predicted molar refractivity (Wildman–Crippen MR) is 196 cm³/mol. The zero-order chi connectivity index (χ0) is 41.4. The van der Waals surface area contributed by atoms with Crippen LogP contribution < -0.4 is 16.4 Å². The third-order valence-electron chi connectivity index (χ3n) is 7.07. The zero-order valence-electron chi connectivity index (χ0n) is 27.3. The zero-order valence-corrected chi connectivity index (χ0v) is 32.1. The molecule has 4 aromatic carbocycles. The summed E-state index contributed by atoms with van der Waals surface area (Å²) in [4.78, 5) is 9.37. The van der Waals surface area contributed by atoms with E-state index in [0.717, 1.165) is 42.5 Å². The number of anilines is 5. The summed E-state index contributed by atoms with van der Waals surface area (Å²) < 4.78 is 160. The van der Waals surface area contributed by atoms with Crippen molar-refractivity contribution in [2.24, 2.45) is 10.2 Å². The molecule has 1 heterocycles. The fraction of sp³-hybridized carbons (Fsp3) is 0.0741. The third-order valence-corrected chi connectivity index (χ3v) is 12.0. The van der Waals surface area contributed by atoms with Crippen LogP contribution in [-0.4, -0.2) is 87.6 Å². The molecule has 0 spiro atoms. The number of sulfone groups is 1. The Morgan fingerprint density at radius 3 is 1.80 bits per heavy atom. The number of nitrogens with zero attached hydrogens (tertiary/aromatic N) is 5. The number of hydrogen-bond donors (Lipinski definition) is 7. The van der Waals surface area contributed by atoms with E-state index >= 15 is 0 Å². The second-order valence-electron chi connectivity index (χ2n) is 10.9. The Morgan fingerprint density at radius 2 is 1.23 bits per heavy atom. The first kappa shape index (κ1) is 42.1. The molecule has 56 heavy (non-hydrogen) atoms. The molecule has 0 unspecified atom stereocenters. The fourth-order valence-electron chi connectivity index (χ4n) is 4.67. The maximum atomic E-state index is 12.5. The monoisotopic (exact) mass is 894 g/mol. The Bertz CT molecular complexity index is 2990. The van der Waals surface area contributed by atoms with Crippen LogP contribution in [0.1, 0.15) is 0 Å². The Hall–Kier alpha value is -5.01. The molecule has 0 bridgehead atoms. The van der Waals surface area contributed by atoms with Crippen molar-refractivity contribution in [2.75, 3.05) is 28.7 Å². The predicted octanol–water partition coefficient (Wildman–Crippen LogP) is 3.50. The molecule has 29 heteroatoms. The van der Waals surface area contributed by atoms with E-state index in [1.807, 2.05) is 0 Å². The summed E-state index contributed by atoms with van der Waals surface area (Å²) in [6, 6.07) is 11.7. The van der Waals surface area contributed by atoms with Crippen molar-refractivity contribution in [1.29, 1.82) is 0 Å². The number of rotatable bonds is 14. The number of halogens is 1. The lowest BCUT2D eigenvalue weighted by molar-refractivity contribution is 0.284. The van der Waals surface area contributed by atoms with Crippen LogP contribution in [0.15, 0.2) is 96.5 Å². The van der Waals surface area contributed by atoms with E-state index < -0.39 is 94.7 Å². The van der Waals surface area contributed by atoms with E-state index in [9.17, 15) is 55.7 Å². The van der Waals surface area contributed by atoms with Crippen molar-refractivity contribution in [3.8, 4) is 0 Å². The standard InChI is InChI=1S/C27H23ClN8O15S5/c28-25-32-26(30-15-1-4-17(5-2-15)52(37,38)10-9-51-56(48,49)50)34-27(33-25)31-16-3-8-21(54(42,43)44)20(13-16)35-36-24-19-7-6-18(53(39,40)41)11-14(19)12-22(23(24)29)55(45,46)47/h1-8,11-13H,9-10,29H2,(H,39,40,41)(H,42,43,44)(H,45,46,47)(H,48,49,50)(H2,30,31,32,33,34). The Balaban J connectivity index is 1.46. The van der Waals surface area contributed by atoms with Gasteiger partial charge >= 0.3 is 10.4 Å². The van der Waals surface area contributed by atoms with Gasteiger partial charge in [-0.05, 0) is 77.7 Å². The van der Waals surface area contributed by atoms with E-state index in [2.05, 4.69) is 40.0 Å². The van der Waals surface area contributed by atoms with E-state index in [4.69, 9.17) is 21.9 Å². The molecule has 5 aromatic rings. The van der Waals surface area contributed by atoms with Gasteiger partial charge in [-0.3, -0.25) is 18.2 Å². The number of nitrogens with two attached hydrogens (primary N) is 1. The molecule has 0 amide bonds. The van der Waals surface area contributed by atoms with Crippen molar-refractivity contribution in [1.82, 2.24) is 15.0 Å². The maximum Gasteiger partial charge on any atom is 0.397 e. The Labute approximate surface area is 321 Å². The molecule has 0 atom stereocenters. The van der Waals surface area contributed by atoms with Crippen LogP contribution in [0.5, 0.6) is 0 Å². The molecule has 0 saturated carbocycles. The first-order valence-corrected chi connectivity index (χ1v) is 22.3. The van der Waals surface area contributed by atoms with Crippen molar-refractivity contribution in [3.05, 3.63) is 72.0 Å². The highest BCUT2D eigenvalue weighted by Gasteiger charge is 2.23. The van der Waals surface area contributed by atoms with Gasteiger partial charge in [0.25, 0.3) is 30.4 Å². The highest BCUT2D eigenvalue weighted by atomic mass is 35.5. The first-order chi connectivity index (χ1) is 25.8. The van der Waals surface area contributed by atoms with E-state index in [-0.39, 0.29) is 44.2 Å². The number of aromatic nitrogens is 3. The first-order valence-electron chi connectivity index (χ1n) is 14.5. The average Bonchev–Trinajstić information content (AvgIpc) is 3.05. The van der Waals surface area contributed by atoms with Crippen LogP contribution in [0, 0.1) is 0 Å². The second-order valence-corrected chi connectivity index (χ2v) is 18.7. The number of fused-ring (bicyclic) bond motifs is 1. The summed E-state index contributed by atoms with van der Waals surface area (Å²) in [7, 11) is -23.7. The molecule has 8 N–H and O–H groups in total. The van der Waals surface area contributed by atoms with Crippen molar-refractivity contribution in [3.63, 3.8) is 0 Å². The Kier molecular flexibility index (Phi) is 11.7. The minimum atomic E-state index is -5.07. The van der Waals surface area contributed by atoms with Gasteiger partial charge in [0.05, 0.1) is 27.8 Å². The molecule has 0 aliphatic rings. The lowest BCUT2D eigenvalue weighted by Crippen LogP contribution is -2.15. The summed E-state index contributed by atoms with van der Waals surface area (Å²) in [6.07, 6.45) is 0. The maximum absolute atomic E-state index is 12.5. The lowest BCUT2D eigenvalue weighted by atomic mass is 10.1. The van der Waals surface area contributed by atoms with Gasteiger partial charge in [0.15, 0.2) is 9.84 Å². The molecule has 0 saturated heterocycles. The van der Waals surface area contributed by atoms with Gasteiger partial charge in [-0.1, -0.05) is 6.07 Å². The summed E-state index contributed by atoms with van der Waals surface area (Å²) >= 11 is 6.06. The normalized spacial score (nSPS) is 12.9. The largest absolute Gasteiger partial charge is 0.397 e. The van der Waals surface area contributed by atoms with Crippen molar-refractivity contribution < 1.29 is 64.5 Å². The highest BCUT2D eigenvalue weighted by Crippen LogP contribution is 2.40. The number of azo groups is 1. The molecule has 0 fully saturated rings. The number of nitrogens with one attached hydrogen (secondary N) is 2. The summed E-state index contributed by atoms with van der Waals surface area (Å²) in [5.74, 6) is -1.20. The van der Waals surface area contributed by atoms with Crippen LogP contribution in [0.25, 0.3) is 10.8 Å². The van der Waals surface area contributed by atoms with Crippen molar-refractivity contribution >= 4 is 113 Å². The highest BCUT2D eigenvalue weighted by molar-refractivity contribution is 7.91. The lowest BCUT2D eigenvalue weighted by Gasteiger charge is -2.11. The molecule has 5 rings (SSSR count). The van der Waals surface area contributed by atoms with Crippen LogP contribution in [0.2, 0.25) is 5.28 Å². The minimum absolute atomic E-state index is 0.00517. The Morgan fingerprint density at radius 1 is 0.661 bits per heavy atom. The van der Waals surface area contributed by atoms with Gasteiger partial charge in [0.2, 0.25) is 17.2 Å². The van der Waals surface area contributed by atoms with Crippen LogP contribution in [0.4, 0.5) is 40.3 Å². The quantitative estimate of drug-likeness (QED) is 0.0476. The SMILES string of the molecule is Nc1c(S(=O)(=O)O)cc2cc(S(=O)(=O)O)ccc2c1N=Nc1cc(Nc2nc(Cl)nc(Nc3ccc(S(=O)(=O)CCOS(=O)(=O)O)cc3)n2)ccc1S(=O)(=O)O. The number of hydrogen-bond acceptors (Lipinski definition) is 19. The van der Waals surface area contributed by atoms with Gasteiger partial charge in [-0.25, -0.2) is 12.6 Å². The van der Waals surface area contributed by atoms with Gasteiger partial charge < -0.3 is 16.4 Å². The van der Waals surface area contributed by atoms with E-state index in [1.54, 1.807) is 0 Å². The summed E-state index contributed by atoms with van der Waals surface area (Å²) in [6.45, 7) is -0.831. The smallest absolute Gasteiger partial charge is 0.396 e. The van der Waals surface area contributed by atoms with Gasteiger partial charge in [0, 0.05) is 16.8 Å². The van der Waals surface area contributed by atoms with Crippen molar-refractivity contribution in [2.45, 2.75) is 19.6 Å². The fourth-order valence-corrected chi connectivity index (χ4v) is 8.09. The van der Waals surface area contributed by atoms with E-state index in [0.29, 0.717) is 0 Å². The van der Waals surface area contributed by atoms with Gasteiger partial charge in [-0.2, -0.15) is 48.6 Å². The number of benzene rings is 4. The molecule has 23 nitrogen and oxygen atoms in total. The average molecular weight is 895 g/mol.